The minimum Gasteiger partial charge on any atom is -0.366 e. The molecule has 0 unspecified atom stereocenters. The molecule has 1 aromatic heterocycles. The molecule has 0 aliphatic rings. The quantitative estimate of drug-likeness (QED) is 0.754. The number of primary amides is 1. The predicted octanol–water partition coefficient (Wildman–Crippen LogP) is 1.61. The summed E-state index contributed by atoms with van der Waals surface area (Å²) in [6.45, 7) is 0.252. The van der Waals surface area contributed by atoms with E-state index in [1.165, 1.54) is 23.5 Å². The summed E-state index contributed by atoms with van der Waals surface area (Å²) in [7, 11) is 0. The van der Waals surface area contributed by atoms with Gasteiger partial charge in [-0.1, -0.05) is 6.07 Å². The molecule has 1 heterocycles. The summed E-state index contributed by atoms with van der Waals surface area (Å²) >= 11 is 1.35. The standard InChI is InChI=1S/C15H15N3O3S/c16-14(20)10-3-5-11(6-4-10)18-13(19)7-8-17-15(21)12-2-1-9-22-12/h1-6,9H,7-8H2,(H2,16,20)(H,17,21)(H,18,19). The fourth-order valence-electron chi connectivity index (χ4n) is 1.73. The van der Waals surface area contributed by atoms with Crippen LogP contribution < -0.4 is 16.4 Å². The van der Waals surface area contributed by atoms with Crippen LogP contribution >= 0.6 is 11.3 Å². The second kappa shape index (κ2) is 7.37. The highest BCUT2D eigenvalue weighted by molar-refractivity contribution is 7.12. The van der Waals surface area contributed by atoms with Gasteiger partial charge in [-0.25, -0.2) is 0 Å². The predicted molar refractivity (Wildman–Crippen MR) is 84.9 cm³/mol. The van der Waals surface area contributed by atoms with Gasteiger partial charge in [0.15, 0.2) is 0 Å². The maximum atomic E-state index is 11.7. The summed E-state index contributed by atoms with van der Waals surface area (Å²) in [6, 6.07) is 9.79. The highest BCUT2D eigenvalue weighted by Gasteiger charge is 2.08. The molecule has 1 aromatic carbocycles. The van der Waals surface area contributed by atoms with E-state index in [2.05, 4.69) is 10.6 Å². The summed E-state index contributed by atoms with van der Waals surface area (Å²) in [6.07, 6.45) is 0.161. The zero-order valence-electron chi connectivity index (χ0n) is 11.7. The van der Waals surface area contributed by atoms with Crippen molar-refractivity contribution in [3.05, 3.63) is 52.2 Å². The van der Waals surface area contributed by atoms with E-state index in [1.54, 1.807) is 24.3 Å². The zero-order valence-corrected chi connectivity index (χ0v) is 12.5. The summed E-state index contributed by atoms with van der Waals surface area (Å²) < 4.78 is 0. The van der Waals surface area contributed by atoms with Gasteiger partial charge in [0, 0.05) is 24.2 Å². The number of anilines is 1. The Labute approximate surface area is 131 Å². The molecule has 0 atom stereocenters. The number of benzene rings is 1. The van der Waals surface area contributed by atoms with Crippen LogP contribution in [0.15, 0.2) is 41.8 Å². The fraction of sp³-hybridized carbons (Fsp3) is 0.133. The van der Waals surface area contributed by atoms with Crippen LogP contribution in [0.2, 0.25) is 0 Å². The first-order chi connectivity index (χ1) is 10.6. The van der Waals surface area contributed by atoms with E-state index >= 15 is 0 Å². The minimum atomic E-state index is -0.519. The Balaban J connectivity index is 1.76. The van der Waals surface area contributed by atoms with E-state index in [0.29, 0.717) is 16.1 Å². The molecule has 114 valence electrons. The van der Waals surface area contributed by atoms with Crippen LogP contribution in [0.3, 0.4) is 0 Å². The van der Waals surface area contributed by atoms with Gasteiger partial charge in [0.1, 0.15) is 0 Å². The van der Waals surface area contributed by atoms with Crippen LogP contribution in [0.4, 0.5) is 5.69 Å². The first kappa shape index (κ1) is 15.7. The summed E-state index contributed by atoms with van der Waals surface area (Å²) in [5, 5.41) is 7.17. The van der Waals surface area contributed by atoms with Crippen molar-refractivity contribution in [1.29, 1.82) is 0 Å². The molecule has 7 heteroatoms. The van der Waals surface area contributed by atoms with E-state index in [9.17, 15) is 14.4 Å². The van der Waals surface area contributed by atoms with Crippen LogP contribution in [0.5, 0.6) is 0 Å². The average molecular weight is 317 g/mol. The number of hydrogen-bond acceptors (Lipinski definition) is 4. The molecule has 0 saturated carbocycles. The van der Waals surface area contributed by atoms with E-state index < -0.39 is 5.91 Å². The Kier molecular flexibility index (Phi) is 5.26. The number of rotatable bonds is 6. The topological polar surface area (TPSA) is 101 Å². The third-order valence-electron chi connectivity index (χ3n) is 2.84. The average Bonchev–Trinajstić information content (AvgIpc) is 3.02. The Morgan fingerprint density at radius 3 is 2.41 bits per heavy atom. The van der Waals surface area contributed by atoms with Crippen molar-refractivity contribution in [3.63, 3.8) is 0 Å². The molecule has 0 radical (unpaired) electrons. The van der Waals surface area contributed by atoms with Gasteiger partial charge in [-0.15, -0.1) is 11.3 Å². The van der Waals surface area contributed by atoms with E-state index in [1.807, 2.05) is 5.38 Å². The minimum absolute atomic E-state index is 0.161. The number of amides is 3. The lowest BCUT2D eigenvalue weighted by Gasteiger charge is -2.06. The molecule has 0 bridgehead atoms. The van der Waals surface area contributed by atoms with Gasteiger partial charge in [-0.2, -0.15) is 0 Å². The molecular weight excluding hydrogens is 302 g/mol. The van der Waals surface area contributed by atoms with Crippen LogP contribution in [0.1, 0.15) is 26.5 Å². The molecule has 0 saturated heterocycles. The van der Waals surface area contributed by atoms with Crippen LogP contribution in [-0.4, -0.2) is 24.3 Å². The molecule has 0 fully saturated rings. The van der Waals surface area contributed by atoms with Gasteiger partial charge in [-0.3, -0.25) is 14.4 Å². The van der Waals surface area contributed by atoms with Gasteiger partial charge < -0.3 is 16.4 Å². The van der Waals surface area contributed by atoms with Gasteiger partial charge >= 0.3 is 0 Å². The van der Waals surface area contributed by atoms with Crippen molar-refractivity contribution >= 4 is 34.7 Å². The Bertz CT molecular complexity index is 666. The monoisotopic (exact) mass is 317 g/mol. The van der Waals surface area contributed by atoms with Crippen LogP contribution in [0, 0.1) is 0 Å². The highest BCUT2D eigenvalue weighted by atomic mass is 32.1. The molecular formula is C15H15N3O3S. The van der Waals surface area contributed by atoms with Gasteiger partial charge in [0.05, 0.1) is 4.88 Å². The maximum Gasteiger partial charge on any atom is 0.261 e. The van der Waals surface area contributed by atoms with E-state index in [0.717, 1.165) is 0 Å². The lowest BCUT2D eigenvalue weighted by molar-refractivity contribution is -0.116. The molecule has 22 heavy (non-hydrogen) atoms. The van der Waals surface area contributed by atoms with Gasteiger partial charge in [0.25, 0.3) is 5.91 Å². The summed E-state index contributed by atoms with van der Waals surface area (Å²) in [4.78, 5) is 35.0. The number of nitrogens with two attached hydrogens (primary N) is 1. The molecule has 4 N–H and O–H groups in total. The first-order valence-electron chi connectivity index (χ1n) is 6.57. The molecule has 6 nitrogen and oxygen atoms in total. The largest absolute Gasteiger partial charge is 0.366 e. The second-order valence-electron chi connectivity index (χ2n) is 4.47. The normalized spacial score (nSPS) is 10.0. The van der Waals surface area contributed by atoms with Crippen molar-refractivity contribution in [2.24, 2.45) is 5.73 Å². The molecule has 2 aromatic rings. The van der Waals surface area contributed by atoms with Crippen molar-refractivity contribution in [2.45, 2.75) is 6.42 Å². The fourth-order valence-corrected chi connectivity index (χ4v) is 2.37. The van der Waals surface area contributed by atoms with Crippen molar-refractivity contribution in [1.82, 2.24) is 5.32 Å². The molecule has 2 rings (SSSR count). The Morgan fingerprint density at radius 2 is 1.82 bits per heavy atom. The highest BCUT2D eigenvalue weighted by Crippen LogP contribution is 2.10. The number of carbonyl (C=O) groups is 3. The van der Waals surface area contributed by atoms with Crippen molar-refractivity contribution < 1.29 is 14.4 Å². The number of nitrogens with one attached hydrogen (secondary N) is 2. The first-order valence-corrected chi connectivity index (χ1v) is 7.45. The third-order valence-corrected chi connectivity index (χ3v) is 3.70. The van der Waals surface area contributed by atoms with Crippen LogP contribution in [-0.2, 0) is 4.79 Å². The Morgan fingerprint density at radius 1 is 1.09 bits per heavy atom. The van der Waals surface area contributed by atoms with Gasteiger partial charge in [0.2, 0.25) is 11.8 Å². The zero-order chi connectivity index (χ0) is 15.9. The van der Waals surface area contributed by atoms with Crippen molar-refractivity contribution in [3.8, 4) is 0 Å². The molecule has 3 amide bonds. The molecule has 0 aliphatic carbocycles. The number of carbonyl (C=O) groups excluding carboxylic acids is 3. The molecule has 0 aliphatic heterocycles. The smallest absolute Gasteiger partial charge is 0.261 e. The van der Waals surface area contributed by atoms with Crippen molar-refractivity contribution in [2.75, 3.05) is 11.9 Å². The maximum absolute atomic E-state index is 11.7. The summed E-state index contributed by atoms with van der Waals surface area (Å²) in [5.41, 5.74) is 6.08. The van der Waals surface area contributed by atoms with E-state index in [4.69, 9.17) is 5.73 Å². The van der Waals surface area contributed by atoms with E-state index in [-0.39, 0.29) is 24.8 Å². The molecule has 0 spiro atoms. The lowest BCUT2D eigenvalue weighted by atomic mass is 10.2. The van der Waals surface area contributed by atoms with Gasteiger partial charge in [-0.05, 0) is 35.7 Å². The number of hydrogen-bond donors (Lipinski definition) is 3. The lowest BCUT2D eigenvalue weighted by Crippen LogP contribution is -2.27. The third kappa shape index (κ3) is 4.42. The second-order valence-corrected chi connectivity index (χ2v) is 5.42. The summed E-state index contributed by atoms with van der Waals surface area (Å²) in [5.74, 6) is -0.930. The SMILES string of the molecule is NC(=O)c1ccc(NC(=O)CCNC(=O)c2cccs2)cc1. The number of thiophene rings is 1. The Hall–Kier alpha value is -2.67. The van der Waals surface area contributed by atoms with Crippen LogP contribution in [0.25, 0.3) is 0 Å².